The Hall–Kier alpha value is -1.52. The topological polar surface area (TPSA) is 64.3 Å². The minimum Gasteiger partial charge on any atom is -0.481 e. The molecule has 0 aliphatic carbocycles. The van der Waals surface area contributed by atoms with Gasteiger partial charge in [-0.25, -0.2) is 0 Å². The third-order valence-corrected chi connectivity index (χ3v) is 2.57. The molecule has 1 amide bonds. The van der Waals surface area contributed by atoms with Gasteiger partial charge in [0.2, 0.25) is 0 Å². The summed E-state index contributed by atoms with van der Waals surface area (Å²) in [6.45, 7) is 5.92. The van der Waals surface area contributed by atoms with Gasteiger partial charge in [-0.2, -0.15) is 0 Å². The first-order chi connectivity index (χ1) is 8.58. The Balaban J connectivity index is 2.71. The van der Waals surface area contributed by atoms with Gasteiger partial charge in [0.25, 0.3) is 5.91 Å². The van der Waals surface area contributed by atoms with Gasteiger partial charge in [0.05, 0.1) is 0 Å². The van der Waals surface area contributed by atoms with Gasteiger partial charge in [-0.1, -0.05) is 17.7 Å². The van der Waals surface area contributed by atoms with Crippen LogP contribution >= 0.6 is 11.6 Å². The number of hydrogen-bond donors (Lipinski definition) is 2. The van der Waals surface area contributed by atoms with Crippen LogP contribution in [0.3, 0.4) is 0 Å². The first-order valence-corrected chi connectivity index (χ1v) is 6.00. The number of benzene rings is 1. The van der Waals surface area contributed by atoms with Crippen molar-refractivity contribution in [3.8, 4) is 5.75 Å². The molecule has 1 aromatic rings. The van der Waals surface area contributed by atoms with Crippen molar-refractivity contribution in [2.24, 2.45) is 5.73 Å². The van der Waals surface area contributed by atoms with Crippen LogP contribution in [-0.2, 0) is 11.3 Å². The molecule has 0 saturated carbocycles. The van der Waals surface area contributed by atoms with Gasteiger partial charge >= 0.3 is 0 Å². The lowest BCUT2D eigenvalue weighted by Gasteiger charge is -2.16. The number of hydrogen-bond acceptors (Lipinski definition) is 3. The summed E-state index contributed by atoms with van der Waals surface area (Å²) >= 11 is 5.86. The fourth-order valence-electron chi connectivity index (χ4n) is 1.38. The maximum atomic E-state index is 11.6. The van der Waals surface area contributed by atoms with Crippen molar-refractivity contribution in [2.45, 2.75) is 19.6 Å². The van der Waals surface area contributed by atoms with E-state index < -0.39 is 6.10 Å². The highest BCUT2D eigenvalue weighted by Gasteiger charge is 2.15. The monoisotopic (exact) mass is 268 g/mol. The molecule has 3 N–H and O–H groups in total. The molecule has 1 atom stereocenters. The number of ether oxygens (including phenoxy) is 1. The van der Waals surface area contributed by atoms with Crippen LogP contribution in [0.2, 0.25) is 5.02 Å². The third-order valence-electron chi connectivity index (χ3n) is 2.34. The van der Waals surface area contributed by atoms with Gasteiger partial charge in [0.1, 0.15) is 5.75 Å². The van der Waals surface area contributed by atoms with Gasteiger partial charge in [0, 0.05) is 23.7 Å². The van der Waals surface area contributed by atoms with Crippen molar-refractivity contribution in [3.63, 3.8) is 0 Å². The summed E-state index contributed by atoms with van der Waals surface area (Å²) in [6.07, 6.45) is 1.01. The van der Waals surface area contributed by atoms with Gasteiger partial charge in [0.15, 0.2) is 6.10 Å². The number of halogens is 1. The van der Waals surface area contributed by atoms with Gasteiger partial charge < -0.3 is 15.8 Å². The fourth-order valence-corrected chi connectivity index (χ4v) is 1.58. The molecule has 0 bridgehead atoms. The Morgan fingerprint density at radius 3 is 3.00 bits per heavy atom. The molecule has 0 saturated heterocycles. The summed E-state index contributed by atoms with van der Waals surface area (Å²) < 4.78 is 5.57. The zero-order chi connectivity index (χ0) is 13.5. The van der Waals surface area contributed by atoms with Crippen LogP contribution in [0.15, 0.2) is 30.9 Å². The summed E-state index contributed by atoms with van der Waals surface area (Å²) in [5, 5.41) is 3.25. The Morgan fingerprint density at radius 2 is 2.39 bits per heavy atom. The van der Waals surface area contributed by atoms with Crippen molar-refractivity contribution >= 4 is 17.5 Å². The average molecular weight is 269 g/mol. The molecule has 1 unspecified atom stereocenters. The van der Waals surface area contributed by atoms with Crippen LogP contribution < -0.4 is 15.8 Å². The normalized spacial score (nSPS) is 11.7. The van der Waals surface area contributed by atoms with E-state index >= 15 is 0 Å². The number of carbonyl (C=O) groups excluding carboxylic acids is 1. The molecule has 5 heteroatoms. The molecule has 4 nitrogen and oxygen atoms in total. The summed E-state index contributed by atoms with van der Waals surface area (Å²) in [6, 6.07) is 5.14. The van der Waals surface area contributed by atoms with E-state index in [1.165, 1.54) is 0 Å². The van der Waals surface area contributed by atoms with E-state index in [4.69, 9.17) is 22.1 Å². The molecule has 0 fully saturated rings. The largest absolute Gasteiger partial charge is 0.481 e. The maximum absolute atomic E-state index is 11.6. The van der Waals surface area contributed by atoms with E-state index in [1.807, 2.05) is 0 Å². The smallest absolute Gasteiger partial charge is 0.261 e. The molecule has 0 spiro atoms. The Morgan fingerprint density at radius 1 is 1.67 bits per heavy atom. The van der Waals surface area contributed by atoms with Crippen LogP contribution in [0.1, 0.15) is 12.5 Å². The minimum absolute atomic E-state index is 0.201. The Bertz CT molecular complexity index is 435. The van der Waals surface area contributed by atoms with Crippen molar-refractivity contribution < 1.29 is 9.53 Å². The molecular formula is C13H17ClN2O2. The Kier molecular flexibility index (Phi) is 5.68. The van der Waals surface area contributed by atoms with Crippen LogP contribution in [0.25, 0.3) is 0 Å². The molecule has 98 valence electrons. The molecule has 1 aromatic carbocycles. The maximum Gasteiger partial charge on any atom is 0.261 e. The lowest BCUT2D eigenvalue weighted by atomic mass is 10.2. The van der Waals surface area contributed by atoms with Gasteiger partial charge in [-0.15, -0.1) is 6.58 Å². The molecule has 0 heterocycles. The van der Waals surface area contributed by atoms with Gasteiger partial charge in [-0.05, 0) is 25.1 Å². The van der Waals surface area contributed by atoms with Crippen molar-refractivity contribution in [2.75, 3.05) is 6.54 Å². The summed E-state index contributed by atoms with van der Waals surface area (Å²) in [7, 11) is 0. The van der Waals surface area contributed by atoms with E-state index in [1.54, 1.807) is 31.2 Å². The zero-order valence-electron chi connectivity index (χ0n) is 10.3. The van der Waals surface area contributed by atoms with Crippen molar-refractivity contribution in [1.82, 2.24) is 5.32 Å². The highest BCUT2D eigenvalue weighted by Crippen LogP contribution is 2.23. The average Bonchev–Trinajstić information content (AvgIpc) is 2.37. The molecule has 0 aliphatic heterocycles. The number of carbonyl (C=O) groups is 1. The zero-order valence-corrected chi connectivity index (χ0v) is 11.0. The van der Waals surface area contributed by atoms with Crippen LogP contribution in [0.4, 0.5) is 0 Å². The number of amides is 1. The van der Waals surface area contributed by atoms with Crippen LogP contribution in [-0.4, -0.2) is 18.6 Å². The second kappa shape index (κ2) is 7.03. The van der Waals surface area contributed by atoms with E-state index in [0.29, 0.717) is 23.9 Å². The molecular weight excluding hydrogens is 252 g/mol. The molecule has 0 aromatic heterocycles. The predicted molar refractivity (Wildman–Crippen MR) is 72.6 cm³/mol. The second-order valence-electron chi connectivity index (χ2n) is 3.75. The van der Waals surface area contributed by atoms with Crippen molar-refractivity contribution in [3.05, 3.63) is 41.4 Å². The fraction of sp³-hybridized carbons (Fsp3) is 0.308. The highest BCUT2D eigenvalue weighted by molar-refractivity contribution is 6.30. The first kappa shape index (κ1) is 14.5. The standard InChI is InChI=1S/C13H17ClN2O2/c1-3-6-16-13(17)9(2)18-12-5-4-11(14)7-10(12)8-15/h3-5,7,9H,1,6,8,15H2,2H3,(H,16,17). The van der Waals surface area contributed by atoms with E-state index in [-0.39, 0.29) is 5.91 Å². The summed E-state index contributed by atoms with van der Waals surface area (Å²) in [5.41, 5.74) is 6.37. The van der Waals surface area contributed by atoms with Crippen LogP contribution in [0.5, 0.6) is 5.75 Å². The SMILES string of the molecule is C=CCNC(=O)C(C)Oc1ccc(Cl)cc1CN. The molecule has 0 radical (unpaired) electrons. The predicted octanol–water partition coefficient (Wildman–Crippen LogP) is 1.87. The number of rotatable bonds is 6. The van der Waals surface area contributed by atoms with E-state index in [9.17, 15) is 4.79 Å². The lowest BCUT2D eigenvalue weighted by Crippen LogP contribution is -2.36. The second-order valence-corrected chi connectivity index (χ2v) is 4.19. The minimum atomic E-state index is -0.601. The van der Waals surface area contributed by atoms with E-state index in [2.05, 4.69) is 11.9 Å². The molecule has 18 heavy (non-hydrogen) atoms. The third kappa shape index (κ3) is 4.05. The van der Waals surface area contributed by atoms with E-state index in [0.717, 1.165) is 5.56 Å². The van der Waals surface area contributed by atoms with Gasteiger partial charge in [-0.3, -0.25) is 4.79 Å². The first-order valence-electron chi connectivity index (χ1n) is 5.62. The van der Waals surface area contributed by atoms with Crippen molar-refractivity contribution in [1.29, 1.82) is 0 Å². The Labute approximate surface area is 112 Å². The lowest BCUT2D eigenvalue weighted by molar-refractivity contribution is -0.127. The number of nitrogens with one attached hydrogen (secondary N) is 1. The molecule has 1 rings (SSSR count). The summed E-state index contributed by atoms with van der Waals surface area (Å²) in [5.74, 6) is 0.371. The summed E-state index contributed by atoms with van der Waals surface area (Å²) in [4.78, 5) is 11.6. The molecule has 0 aliphatic rings. The number of nitrogens with two attached hydrogens (primary N) is 1. The van der Waals surface area contributed by atoms with Crippen LogP contribution in [0, 0.1) is 0 Å². The quantitative estimate of drug-likeness (QED) is 0.774. The highest BCUT2D eigenvalue weighted by atomic mass is 35.5.